The van der Waals surface area contributed by atoms with Gasteiger partial charge in [0.1, 0.15) is 0 Å². The molecule has 0 N–H and O–H groups in total. The summed E-state index contributed by atoms with van der Waals surface area (Å²) in [5, 5.41) is 0. The minimum absolute atomic E-state index is 0.0518. The van der Waals surface area contributed by atoms with E-state index in [4.69, 9.17) is 4.74 Å². The first-order valence-electron chi connectivity index (χ1n) is 10.5. The van der Waals surface area contributed by atoms with E-state index < -0.39 is 0 Å². The average Bonchev–Trinajstić information content (AvgIpc) is 2.79. The van der Waals surface area contributed by atoms with Gasteiger partial charge in [-0.05, 0) is 31.5 Å². The number of benzene rings is 2. The van der Waals surface area contributed by atoms with Crippen LogP contribution in [-0.4, -0.2) is 61.0 Å². The molecule has 2 aliphatic heterocycles. The number of morpholine rings is 1. The van der Waals surface area contributed by atoms with Crippen LogP contribution in [0.5, 0.6) is 0 Å². The molecule has 4 rings (SSSR count). The molecular weight excluding hydrogens is 348 g/mol. The second-order valence-electron chi connectivity index (χ2n) is 7.78. The first-order valence-corrected chi connectivity index (χ1v) is 10.5. The number of hydrogen-bond donors (Lipinski definition) is 0. The van der Waals surface area contributed by atoms with Gasteiger partial charge in [-0.15, -0.1) is 0 Å². The first kappa shape index (κ1) is 19.3. The van der Waals surface area contributed by atoms with Gasteiger partial charge in [-0.2, -0.15) is 0 Å². The summed E-state index contributed by atoms with van der Waals surface area (Å²) in [6.45, 7) is 5.19. The highest BCUT2D eigenvalue weighted by molar-refractivity contribution is 6.00. The summed E-state index contributed by atoms with van der Waals surface area (Å²) in [6, 6.07) is 20.3. The van der Waals surface area contributed by atoms with Gasteiger partial charge in [-0.3, -0.25) is 14.6 Å². The Morgan fingerprint density at radius 3 is 2.00 bits per heavy atom. The van der Waals surface area contributed by atoms with Gasteiger partial charge in [-0.25, -0.2) is 0 Å². The van der Waals surface area contributed by atoms with Crippen LogP contribution in [0.15, 0.2) is 60.7 Å². The van der Waals surface area contributed by atoms with Crippen LogP contribution in [0.25, 0.3) is 0 Å². The molecule has 2 saturated heterocycles. The molecule has 148 valence electrons. The predicted molar refractivity (Wildman–Crippen MR) is 112 cm³/mol. The van der Waals surface area contributed by atoms with Gasteiger partial charge in [0.2, 0.25) is 0 Å². The second-order valence-corrected chi connectivity index (χ2v) is 7.78. The molecule has 2 fully saturated rings. The number of likely N-dealkylation sites (tertiary alicyclic amines) is 1. The molecule has 0 aliphatic carbocycles. The first-order chi connectivity index (χ1) is 13.8. The third kappa shape index (κ3) is 4.35. The van der Waals surface area contributed by atoms with Crippen molar-refractivity contribution in [2.75, 3.05) is 39.4 Å². The van der Waals surface area contributed by atoms with Crippen molar-refractivity contribution in [2.45, 2.75) is 31.3 Å². The zero-order valence-electron chi connectivity index (χ0n) is 16.5. The lowest BCUT2D eigenvalue weighted by atomic mass is 9.88. The summed E-state index contributed by atoms with van der Waals surface area (Å²) < 4.78 is 5.62. The van der Waals surface area contributed by atoms with E-state index in [-0.39, 0.29) is 17.9 Å². The van der Waals surface area contributed by atoms with Gasteiger partial charge in [0.15, 0.2) is 5.78 Å². The van der Waals surface area contributed by atoms with E-state index >= 15 is 0 Å². The third-order valence-electron chi connectivity index (χ3n) is 5.99. The zero-order valence-corrected chi connectivity index (χ0v) is 16.5. The topological polar surface area (TPSA) is 32.8 Å². The van der Waals surface area contributed by atoms with Crippen LogP contribution in [0.3, 0.4) is 0 Å². The lowest BCUT2D eigenvalue weighted by Crippen LogP contribution is -2.54. The quantitative estimate of drug-likeness (QED) is 0.716. The Morgan fingerprint density at radius 2 is 1.36 bits per heavy atom. The molecule has 2 atom stereocenters. The van der Waals surface area contributed by atoms with Gasteiger partial charge < -0.3 is 4.74 Å². The minimum Gasteiger partial charge on any atom is -0.379 e. The van der Waals surface area contributed by atoms with Crippen LogP contribution in [-0.2, 0) is 4.74 Å². The van der Waals surface area contributed by atoms with Crippen LogP contribution < -0.4 is 0 Å². The number of carbonyl (C=O) groups excluding carboxylic acids is 1. The van der Waals surface area contributed by atoms with E-state index in [1.54, 1.807) is 0 Å². The van der Waals surface area contributed by atoms with Crippen molar-refractivity contribution >= 4 is 5.78 Å². The fourth-order valence-electron chi connectivity index (χ4n) is 4.58. The van der Waals surface area contributed by atoms with Crippen LogP contribution >= 0.6 is 0 Å². The molecule has 0 bridgehead atoms. The van der Waals surface area contributed by atoms with Gasteiger partial charge in [0, 0.05) is 18.7 Å². The van der Waals surface area contributed by atoms with E-state index in [9.17, 15) is 4.79 Å². The molecule has 4 nitrogen and oxygen atoms in total. The smallest absolute Gasteiger partial charge is 0.181 e. The molecule has 2 aromatic carbocycles. The Kier molecular flexibility index (Phi) is 6.53. The maximum atomic E-state index is 13.8. The summed E-state index contributed by atoms with van der Waals surface area (Å²) in [4.78, 5) is 18.7. The molecule has 0 aromatic heterocycles. The Labute approximate surface area is 168 Å². The fraction of sp³-hybridized carbons (Fsp3) is 0.458. The number of ether oxygens (including phenoxy) is 1. The average molecular weight is 379 g/mol. The standard InChI is InChI=1S/C24H30N2O2/c27-24(21-12-6-2-7-13-21)23(25-14-8-3-9-15-25)22(20-10-4-1-5-11-20)26-16-18-28-19-17-26/h1-2,4-7,10-13,22-23H,3,8-9,14-19H2. The maximum absolute atomic E-state index is 13.8. The summed E-state index contributed by atoms with van der Waals surface area (Å²) >= 11 is 0. The van der Waals surface area contributed by atoms with Crippen molar-refractivity contribution in [1.82, 2.24) is 9.80 Å². The molecule has 2 aliphatic rings. The van der Waals surface area contributed by atoms with Crippen molar-refractivity contribution in [3.63, 3.8) is 0 Å². The Bertz CT molecular complexity index is 738. The summed E-state index contributed by atoms with van der Waals surface area (Å²) in [7, 11) is 0. The molecule has 0 amide bonds. The van der Waals surface area contributed by atoms with E-state index in [0.717, 1.165) is 45.0 Å². The summed E-state index contributed by atoms with van der Waals surface area (Å²) in [5.74, 6) is 0.239. The van der Waals surface area contributed by atoms with E-state index in [1.165, 1.54) is 24.8 Å². The van der Waals surface area contributed by atoms with Gasteiger partial charge in [-0.1, -0.05) is 67.1 Å². The largest absolute Gasteiger partial charge is 0.379 e. The van der Waals surface area contributed by atoms with Crippen molar-refractivity contribution in [3.05, 3.63) is 71.8 Å². The van der Waals surface area contributed by atoms with Gasteiger partial charge in [0.25, 0.3) is 0 Å². The van der Waals surface area contributed by atoms with Gasteiger partial charge in [0.05, 0.1) is 25.3 Å². The highest BCUT2D eigenvalue weighted by Crippen LogP contribution is 2.32. The number of carbonyl (C=O) groups is 1. The zero-order chi connectivity index (χ0) is 19.2. The summed E-state index contributed by atoms with van der Waals surface area (Å²) in [6.07, 6.45) is 3.60. The highest BCUT2D eigenvalue weighted by Gasteiger charge is 2.39. The molecular formula is C24H30N2O2. The summed E-state index contributed by atoms with van der Waals surface area (Å²) in [5.41, 5.74) is 2.04. The lowest BCUT2D eigenvalue weighted by molar-refractivity contribution is -0.00990. The Morgan fingerprint density at radius 1 is 0.750 bits per heavy atom. The van der Waals surface area contributed by atoms with Crippen LogP contribution in [0.2, 0.25) is 0 Å². The molecule has 2 aromatic rings. The van der Waals surface area contributed by atoms with Crippen molar-refractivity contribution in [2.24, 2.45) is 0 Å². The number of Topliss-reactive ketones (excluding diaryl/α,β-unsaturated/α-hetero) is 1. The minimum atomic E-state index is -0.164. The maximum Gasteiger partial charge on any atom is 0.181 e. The molecule has 0 saturated carbocycles. The molecule has 2 unspecified atom stereocenters. The van der Waals surface area contributed by atoms with E-state index in [0.29, 0.717) is 0 Å². The Hall–Kier alpha value is -2.01. The van der Waals surface area contributed by atoms with E-state index in [2.05, 4.69) is 40.1 Å². The lowest BCUT2D eigenvalue weighted by Gasteiger charge is -2.44. The van der Waals surface area contributed by atoms with Crippen LogP contribution in [0.4, 0.5) is 0 Å². The van der Waals surface area contributed by atoms with Crippen LogP contribution in [0, 0.1) is 0 Å². The number of nitrogens with zero attached hydrogens (tertiary/aromatic N) is 2. The van der Waals surface area contributed by atoms with Crippen LogP contribution in [0.1, 0.15) is 41.2 Å². The number of ketones is 1. The van der Waals surface area contributed by atoms with Crippen molar-refractivity contribution in [3.8, 4) is 0 Å². The van der Waals surface area contributed by atoms with Gasteiger partial charge >= 0.3 is 0 Å². The number of rotatable bonds is 6. The third-order valence-corrected chi connectivity index (χ3v) is 5.99. The Balaban J connectivity index is 1.74. The number of piperidine rings is 1. The SMILES string of the molecule is O=C(c1ccccc1)C(C(c1ccccc1)N1CCOCC1)N1CCCCC1. The molecule has 28 heavy (non-hydrogen) atoms. The van der Waals surface area contributed by atoms with Crippen molar-refractivity contribution in [1.29, 1.82) is 0 Å². The monoisotopic (exact) mass is 378 g/mol. The molecule has 0 spiro atoms. The van der Waals surface area contributed by atoms with E-state index in [1.807, 2.05) is 30.3 Å². The normalized spacial score (nSPS) is 21.1. The molecule has 2 heterocycles. The van der Waals surface area contributed by atoms with Crippen molar-refractivity contribution < 1.29 is 9.53 Å². The molecule has 4 heteroatoms. The number of hydrogen-bond acceptors (Lipinski definition) is 4. The molecule has 0 radical (unpaired) electrons. The highest BCUT2D eigenvalue weighted by atomic mass is 16.5. The second kappa shape index (κ2) is 9.46. The predicted octanol–water partition coefficient (Wildman–Crippen LogP) is 3.80. The fourth-order valence-corrected chi connectivity index (χ4v) is 4.58.